The zero-order valence-electron chi connectivity index (χ0n) is 15.0. The van der Waals surface area contributed by atoms with E-state index < -0.39 is 11.7 Å². The van der Waals surface area contributed by atoms with Gasteiger partial charge in [-0.3, -0.25) is 0 Å². The summed E-state index contributed by atoms with van der Waals surface area (Å²) in [6.07, 6.45) is -1.49. The first kappa shape index (κ1) is 19.3. The van der Waals surface area contributed by atoms with Crippen LogP contribution in [0.4, 0.5) is 18.0 Å². The van der Waals surface area contributed by atoms with Crippen molar-refractivity contribution in [2.75, 3.05) is 13.1 Å². The van der Waals surface area contributed by atoms with Crippen molar-refractivity contribution in [3.63, 3.8) is 0 Å². The number of hydrogen-bond donors (Lipinski definition) is 1. The Balaban J connectivity index is 1.46. The normalized spacial score (nSPS) is 15.6. The monoisotopic (exact) mass is 376 g/mol. The molecule has 0 unspecified atom stereocenters. The Bertz CT molecular complexity index is 754. The predicted octanol–water partition coefficient (Wildman–Crippen LogP) is 4.87. The second kappa shape index (κ2) is 8.46. The van der Waals surface area contributed by atoms with Crippen molar-refractivity contribution in [1.29, 1.82) is 0 Å². The Morgan fingerprint density at radius 1 is 1.00 bits per heavy atom. The fourth-order valence-electron chi connectivity index (χ4n) is 3.43. The van der Waals surface area contributed by atoms with Gasteiger partial charge in [0.25, 0.3) is 0 Å². The van der Waals surface area contributed by atoms with Gasteiger partial charge in [0, 0.05) is 19.6 Å². The number of alkyl halides is 3. The highest BCUT2D eigenvalue weighted by atomic mass is 19.4. The first-order valence-electron chi connectivity index (χ1n) is 9.14. The molecule has 3 rings (SSSR count). The van der Waals surface area contributed by atoms with Crippen molar-refractivity contribution < 1.29 is 18.0 Å². The quantitative estimate of drug-likeness (QED) is 0.811. The zero-order valence-corrected chi connectivity index (χ0v) is 15.0. The van der Waals surface area contributed by atoms with Crippen LogP contribution in [0.3, 0.4) is 0 Å². The average Bonchev–Trinajstić information content (AvgIpc) is 2.67. The minimum atomic E-state index is -4.37. The third-order valence-electron chi connectivity index (χ3n) is 4.97. The standard InChI is InChI=1S/C21H23F3N2O/c22-21(23,24)19-8-4-7-18(14-19)15-25-20(27)26-11-9-17(10-12-26)13-16-5-2-1-3-6-16/h1-8,14,17H,9-13,15H2,(H,25,27). The predicted molar refractivity (Wildman–Crippen MR) is 98.1 cm³/mol. The van der Waals surface area contributed by atoms with E-state index in [1.807, 2.05) is 18.2 Å². The van der Waals surface area contributed by atoms with Crippen LogP contribution in [0.2, 0.25) is 0 Å². The van der Waals surface area contributed by atoms with Crippen molar-refractivity contribution in [3.05, 3.63) is 71.3 Å². The van der Waals surface area contributed by atoms with Crippen molar-refractivity contribution in [2.45, 2.75) is 32.0 Å². The summed E-state index contributed by atoms with van der Waals surface area (Å²) in [7, 11) is 0. The maximum atomic E-state index is 12.8. The van der Waals surface area contributed by atoms with E-state index in [1.165, 1.54) is 11.6 Å². The number of carbonyl (C=O) groups excluding carboxylic acids is 1. The van der Waals surface area contributed by atoms with Gasteiger partial charge in [0.15, 0.2) is 0 Å². The molecule has 0 radical (unpaired) electrons. The number of likely N-dealkylation sites (tertiary alicyclic amines) is 1. The van der Waals surface area contributed by atoms with Crippen LogP contribution >= 0.6 is 0 Å². The molecule has 1 aliphatic heterocycles. The molecule has 0 bridgehead atoms. The highest BCUT2D eigenvalue weighted by molar-refractivity contribution is 5.74. The van der Waals surface area contributed by atoms with E-state index in [9.17, 15) is 18.0 Å². The molecule has 0 spiro atoms. The van der Waals surface area contributed by atoms with Crippen LogP contribution in [0.5, 0.6) is 0 Å². The molecular weight excluding hydrogens is 353 g/mol. The van der Waals surface area contributed by atoms with Crippen LogP contribution in [0.15, 0.2) is 54.6 Å². The van der Waals surface area contributed by atoms with E-state index in [0.717, 1.165) is 31.4 Å². The highest BCUT2D eigenvalue weighted by Gasteiger charge is 2.30. The lowest BCUT2D eigenvalue weighted by atomic mass is 9.90. The van der Waals surface area contributed by atoms with Gasteiger partial charge < -0.3 is 10.2 Å². The molecule has 2 amide bonds. The van der Waals surface area contributed by atoms with Crippen LogP contribution in [0.1, 0.15) is 29.5 Å². The van der Waals surface area contributed by atoms with Crippen molar-refractivity contribution in [2.24, 2.45) is 5.92 Å². The highest BCUT2D eigenvalue weighted by Crippen LogP contribution is 2.29. The Labute approximate surface area is 157 Å². The van der Waals surface area contributed by atoms with E-state index in [-0.39, 0.29) is 12.6 Å². The van der Waals surface area contributed by atoms with Crippen LogP contribution in [-0.4, -0.2) is 24.0 Å². The number of benzene rings is 2. The lowest BCUT2D eigenvalue weighted by Gasteiger charge is -2.32. The third kappa shape index (κ3) is 5.49. The molecule has 27 heavy (non-hydrogen) atoms. The number of urea groups is 1. The number of piperidine rings is 1. The van der Waals surface area contributed by atoms with Crippen molar-refractivity contribution in [3.8, 4) is 0 Å². The van der Waals surface area contributed by atoms with Crippen LogP contribution < -0.4 is 5.32 Å². The third-order valence-corrected chi connectivity index (χ3v) is 4.97. The second-order valence-electron chi connectivity index (χ2n) is 6.98. The topological polar surface area (TPSA) is 32.3 Å². The van der Waals surface area contributed by atoms with Gasteiger partial charge in [0.1, 0.15) is 0 Å². The molecule has 2 aromatic rings. The van der Waals surface area contributed by atoms with Gasteiger partial charge in [0.05, 0.1) is 5.56 Å². The van der Waals surface area contributed by atoms with Crippen LogP contribution in [-0.2, 0) is 19.1 Å². The number of hydrogen-bond acceptors (Lipinski definition) is 1. The van der Waals surface area contributed by atoms with E-state index in [4.69, 9.17) is 0 Å². The number of nitrogens with zero attached hydrogens (tertiary/aromatic N) is 1. The molecule has 0 atom stereocenters. The second-order valence-corrected chi connectivity index (χ2v) is 6.98. The van der Waals surface area contributed by atoms with Gasteiger partial charge in [-0.1, -0.05) is 42.5 Å². The number of amides is 2. The Morgan fingerprint density at radius 2 is 1.67 bits per heavy atom. The molecule has 6 heteroatoms. The lowest BCUT2D eigenvalue weighted by molar-refractivity contribution is -0.137. The molecular formula is C21H23F3N2O. The molecule has 0 aromatic heterocycles. The fraction of sp³-hybridized carbons (Fsp3) is 0.381. The van der Waals surface area contributed by atoms with E-state index in [1.54, 1.807) is 11.0 Å². The van der Waals surface area contributed by atoms with Gasteiger partial charge in [-0.05, 0) is 48.4 Å². The SMILES string of the molecule is O=C(NCc1cccc(C(F)(F)F)c1)N1CCC(Cc2ccccc2)CC1. The van der Waals surface area contributed by atoms with E-state index in [2.05, 4.69) is 17.4 Å². The summed E-state index contributed by atoms with van der Waals surface area (Å²) in [6, 6.07) is 15.1. The summed E-state index contributed by atoms with van der Waals surface area (Å²) in [4.78, 5) is 14.1. The summed E-state index contributed by atoms with van der Waals surface area (Å²) in [5.41, 5.74) is 1.05. The molecule has 1 aliphatic rings. The largest absolute Gasteiger partial charge is 0.416 e. The molecule has 1 N–H and O–H groups in total. The Kier molecular flexibility index (Phi) is 6.04. The minimum absolute atomic E-state index is 0.0900. The van der Waals surface area contributed by atoms with Gasteiger partial charge in [-0.15, -0.1) is 0 Å². The molecule has 1 saturated heterocycles. The Hall–Kier alpha value is -2.50. The molecule has 1 heterocycles. The van der Waals surface area contributed by atoms with Gasteiger partial charge in [-0.25, -0.2) is 4.79 Å². The molecule has 2 aromatic carbocycles. The number of nitrogens with one attached hydrogen (secondary N) is 1. The summed E-state index contributed by atoms with van der Waals surface area (Å²) < 4.78 is 38.3. The number of carbonyl (C=O) groups is 1. The Morgan fingerprint density at radius 3 is 2.33 bits per heavy atom. The van der Waals surface area contributed by atoms with Crippen LogP contribution in [0.25, 0.3) is 0 Å². The van der Waals surface area contributed by atoms with E-state index in [0.29, 0.717) is 24.6 Å². The van der Waals surface area contributed by atoms with Gasteiger partial charge >= 0.3 is 12.2 Å². The lowest BCUT2D eigenvalue weighted by Crippen LogP contribution is -2.44. The minimum Gasteiger partial charge on any atom is -0.334 e. The maximum Gasteiger partial charge on any atom is 0.416 e. The van der Waals surface area contributed by atoms with Gasteiger partial charge in [-0.2, -0.15) is 13.2 Å². The molecule has 144 valence electrons. The molecule has 0 saturated carbocycles. The summed E-state index contributed by atoms with van der Waals surface area (Å²) in [5.74, 6) is 0.555. The first-order chi connectivity index (χ1) is 12.9. The maximum absolute atomic E-state index is 12.8. The molecule has 3 nitrogen and oxygen atoms in total. The van der Waals surface area contributed by atoms with Crippen molar-refractivity contribution in [1.82, 2.24) is 10.2 Å². The zero-order chi connectivity index (χ0) is 19.3. The number of rotatable bonds is 4. The van der Waals surface area contributed by atoms with E-state index >= 15 is 0 Å². The molecule has 0 aliphatic carbocycles. The van der Waals surface area contributed by atoms with Crippen LogP contribution in [0, 0.1) is 5.92 Å². The molecule has 1 fully saturated rings. The smallest absolute Gasteiger partial charge is 0.334 e. The van der Waals surface area contributed by atoms with Gasteiger partial charge in [0.2, 0.25) is 0 Å². The fourth-order valence-corrected chi connectivity index (χ4v) is 3.43. The summed E-state index contributed by atoms with van der Waals surface area (Å²) >= 11 is 0. The summed E-state index contributed by atoms with van der Waals surface area (Å²) in [5, 5.41) is 2.73. The first-order valence-corrected chi connectivity index (χ1v) is 9.14. The van der Waals surface area contributed by atoms with Crippen molar-refractivity contribution >= 4 is 6.03 Å². The summed E-state index contributed by atoms with van der Waals surface area (Å²) in [6.45, 7) is 1.44. The number of halogens is 3. The average molecular weight is 376 g/mol.